The van der Waals surface area contributed by atoms with E-state index in [9.17, 15) is 14.4 Å². The predicted octanol–water partition coefficient (Wildman–Crippen LogP) is 3.03. The molecule has 1 aliphatic rings. The number of carbonyl (C=O) groups excluding carboxylic acids is 3. The Labute approximate surface area is 211 Å². The fourth-order valence-corrected chi connectivity index (χ4v) is 3.89. The first-order chi connectivity index (χ1) is 16.3. The maximum Gasteiger partial charge on any atom is 0.308 e. The highest BCUT2D eigenvalue weighted by Crippen LogP contribution is 2.22. The van der Waals surface area contributed by atoms with Crippen molar-refractivity contribution >= 4 is 36.0 Å². The number of esters is 1. The summed E-state index contributed by atoms with van der Waals surface area (Å²) in [5.41, 5.74) is 7.66. The molecule has 1 aliphatic heterocycles. The number of carbonyl (C=O) groups is 3. The number of benzene rings is 2. The highest BCUT2D eigenvalue weighted by Gasteiger charge is 2.24. The highest BCUT2D eigenvalue weighted by molar-refractivity contribution is 6.00. The number of amides is 2. The van der Waals surface area contributed by atoms with Crippen LogP contribution in [-0.4, -0.2) is 48.2 Å². The molecule has 1 atom stereocenters. The molecule has 1 heterocycles. The van der Waals surface area contributed by atoms with Crippen molar-refractivity contribution in [2.75, 3.05) is 19.7 Å². The quantitative estimate of drug-likeness (QED) is 0.224. The number of nitrogen functional groups attached to an aromatic ring is 1. The van der Waals surface area contributed by atoms with Gasteiger partial charge in [-0.05, 0) is 49.6 Å². The van der Waals surface area contributed by atoms with Gasteiger partial charge in [0.2, 0.25) is 0 Å². The number of nitrogens with two attached hydrogens (primary N) is 1. The summed E-state index contributed by atoms with van der Waals surface area (Å²) in [6.07, 6.45) is 7.47. The Bertz CT molecular complexity index is 1150. The maximum atomic E-state index is 13.1. The number of amidine groups is 1. The van der Waals surface area contributed by atoms with E-state index in [1.807, 2.05) is 0 Å². The molecule has 0 radical (unpaired) electrons. The van der Waals surface area contributed by atoms with Crippen LogP contribution < -0.4 is 11.1 Å². The molecule has 2 aromatic carbocycles. The van der Waals surface area contributed by atoms with Gasteiger partial charge in [0.15, 0.2) is 0 Å². The Morgan fingerprint density at radius 3 is 2.51 bits per heavy atom. The molecule has 2 amide bonds. The zero-order valence-corrected chi connectivity index (χ0v) is 20.3. The summed E-state index contributed by atoms with van der Waals surface area (Å²) in [5.74, 6) is 1.31. The first-order valence-electron chi connectivity index (χ1n) is 11.1. The lowest BCUT2D eigenvalue weighted by molar-refractivity contribution is -0.143. The zero-order valence-electron chi connectivity index (χ0n) is 19.5. The van der Waals surface area contributed by atoms with Crippen LogP contribution >= 0.6 is 12.4 Å². The van der Waals surface area contributed by atoms with Gasteiger partial charge in [-0.1, -0.05) is 24.1 Å². The molecule has 0 bridgehead atoms. The molecule has 35 heavy (non-hydrogen) atoms. The van der Waals surface area contributed by atoms with Crippen molar-refractivity contribution in [3.05, 3.63) is 70.3 Å². The third kappa shape index (κ3) is 6.84. The molecular formula is C26H29ClN4O4. The highest BCUT2D eigenvalue weighted by atomic mass is 35.5. The fraction of sp³-hybridized carbons (Fsp3) is 0.308. The van der Waals surface area contributed by atoms with Gasteiger partial charge < -0.3 is 20.7 Å². The van der Waals surface area contributed by atoms with Gasteiger partial charge in [-0.25, -0.2) is 0 Å². The second-order valence-corrected chi connectivity index (χ2v) is 7.98. The van der Waals surface area contributed by atoms with Crippen LogP contribution in [-0.2, 0) is 9.53 Å². The second kappa shape index (κ2) is 12.6. The fourth-order valence-electron chi connectivity index (χ4n) is 3.89. The van der Waals surface area contributed by atoms with Crippen molar-refractivity contribution in [3.63, 3.8) is 0 Å². The number of rotatable bonds is 8. The van der Waals surface area contributed by atoms with E-state index in [1.54, 1.807) is 48.2 Å². The Kier molecular flexibility index (Phi) is 9.86. The largest absolute Gasteiger partial charge is 0.466 e. The number of nitrogens with one attached hydrogen (secondary N) is 2. The second-order valence-electron chi connectivity index (χ2n) is 7.98. The molecule has 0 saturated carbocycles. The van der Waals surface area contributed by atoms with Crippen LogP contribution in [0.3, 0.4) is 0 Å². The molecule has 1 saturated heterocycles. The third-order valence-corrected chi connectivity index (χ3v) is 5.64. The van der Waals surface area contributed by atoms with E-state index in [0.29, 0.717) is 35.3 Å². The lowest BCUT2D eigenvalue weighted by atomic mass is 9.99. The summed E-state index contributed by atoms with van der Waals surface area (Å²) in [5, 5.41) is 10.5. The van der Waals surface area contributed by atoms with Gasteiger partial charge >= 0.3 is 5.97 Å². The van der Waals surface area contributed by atoms with Crippen LogP contribution in [0, 0.1) is 17.8 Å². The van der Waals surface area contributed by atoms with E-state index in [1.165, 1.54) is 6.07 Å². The van der Waals surface area contributed by atoms with Crippen molar-refractivity contribution in [3.8, 4) is 12.3 Å². The Morgan fingerprint density at radius 1 is 1.17 bits per heavy atom. The number of likely N-dealkylation sites (tertiary alicyclic amines) is 1. The standard InChI is InChI=1S/C26H28N4O4.ClH/c1-3-17-14-20(10-11-21(17)26(33)30-12-5-6-13-30)25(32)29-22(16-23(31)34-4-2)18-8-7-9-19(15-18)24(27)28;/h1,7-11,14-15,22H,4-6,12-13,16H2,2H3,(H3,27,28)(H,29,32);1H. The third-order valence-electron chi connectivity index (χ3n) is 5.64. The van der Waals surface area contributed by atoms with Crippen LogP contribution in [0.1, 0.15) is 69.6 Å². The van der Waals surface area contributed by atoms with Crippen molar-refractivity contribution in [1.82, 2.24) is 10.2 Å². The van der Waals surface area contributed by atoms with Gasteiger partial charge in [0.1, 0.15) is 5.84 Å². The minimum Gasteiger partial charge on any atom is -0.466 e. The van der Waals surface area contributed by atoms with Gasteiger partial charge in [0, 0.05) is 29.8 Å². The smallest absolute Gasteiger partial charge is 0.308 e. The molecule has 9 heteroatoms. The summed E-state index contributed by atoms with van der Waals surface area (Å²) in [6, 6.07) is 10.7. The predicted molar refractivity (Wildman–Crippen MR) is 136 cm³/mol. The van der Waals surface area contributed by atoms with E-state index in [2.05, 4.69) is 11.2 Å². The first kappa shape index (κ1) is 27.4. The number of halogens is 1. The molecule has 1 unspecified atom stereocenters. The summed E-state index contributed by atoms with van der Waals surface area (Å²) in [6.45, 7) is 3.30. The Balaban J connectivity index is 0.00000432. The van der Waals surface area contributed by atoms with E-state index >= 15 is 0 Å². The monoisotopic (exact) mass is 496 g/mol. The Morgan fingerprint density at radius 2 is 1.89 bits per heavy atom. The van der Waals surface area contributed by atoms with Crippen LogP contribution in [0.25, 0.3) is 0 Å². The molecule has 0 aliphatic carbocycles. The van der Waals surface area contributed by atoms with Gasteiger partial charge in [0.05, 0.1) is 24.6 Å². The average molecular weight is 497 g/mol. The number of hydrogen-bond acceptors (Lipinski definition) is 5. The summed E-state index contributed by atoms with van der Waals surface area (Å²) < 4.78 is 5.06. The molecule has 1 fully saturated rings. The molecule has 2 aromatic rings. The van der Waals surface area contributed by atoms with Crippen LogP contribution in [0.5, 0.6) is 0 Å². The van der Waals surface area contributed by atoms with Gasteiger partial charge in [-0.15, -0.1) is 18.8 Å². The molecular weight excluding hydrogens is 468 g/mol. The normalized spacial score (nSPS) is 13.2. The van der Waals surface area contributed by atoms with Gasteiger partial charge in [0.25, 0.3) is 11.8 Å². The number of hydrogen-bond donors (Lipinski definition) is 3. The van der Waals surface area contributed by atoms with Crippen molar-refractivity contribution in [1.29, 1.82) is 5.41 Å². The SMILES string of the molecule is C#Cc1cc(C(=O)NC(CC(=O)OCC)c2cccc(C(=N)N)c2)ccc1C(=O)N1CCCC1.Cl. The molecule has 184 valence electrons. The summed E-state index contributed by atoms with van der Waals surface area (Å²) in [4.78, 5) is 39.8. The van der Waals surface area contributed by atoms with Crippen LogP contribution in [0.4, 0.5) is 0 Å². The molecule has 4 N–H and O–H groups in total. The zero-order chi connectivity index (χ0) is 24.7. The molecule has 0 spiro atoms. The number of nitrogens with zero attached hydrogens (tertiary/aromatic N) is 1. The lowest BCUT2D eigenvalue weighted by Gasteiger charge is -2.20. The van der Waals surface area contributed by atoms with Gasteiger partial charge in [-0.2, -0.15) is 0 Å². The van der Waals surface area contributed by atoms with Crippen molar-refractivity contribution in [2.24, 2.45) is 5.73 Å². The van der Waals surface area contributed by atoms with Crippen molar-refractivity contribution < 1.29 is 19.1 Å². The number of ether oxygens (including phenoxy) is 1. The van der Waals surface area contributed by atoms with Crippen molar-refractivity contribution in [2.45, 2.75) is 32.2 Å². The van der Waals surface area contributed by atoms with E-state index in [0.717, 1.165) is 12.8 Å². The lowest BCUT2D eigenvalue weighted by Crippen LogP contribution is -2.31. The van der Waals surface area contributed by atoms with E-state index in [-0.39, 0.29) is 42.7 Å². The Hall–Kier alpha value is -3.83. The van der Waals surface area contributed by atoms with Gasteiger partial charge in [-0.3, -0.25) is 19.8 Å². The molecule has 3 rings (SSSR count). The van der Waals surface area contributed by atoms with Crippen LogP contribution in [0.2, 0.25) is 0 Å². The first-order valence-corrected chi connectivity index (χ1v) is 11.1. The summed E-state index contributed by atoms with van der Waals surface area (Å²) >= 11 is 0. The van der Waals surface area contributed by atoms with Crippen LogP contribution in [0.15, 0.2) is 42.5 Å². The number of terminal acetylenes is 1. The minimum absolute atomic E-state index is 0. The average Bonchev–Trinajstić information content (AvgIpc) is 3.38. The molecule has 8 nitrogen and oxygen atoms in total. The molecule has 0 aromatic heterocycles. The summed E-state index contributed by atoms with van der Waals surface area (Å²) in [7, 11) is 0. The maximum absolute atomic E-state index is 13.1. The van der Waals surface area contributed by atoms with E-state index in [4.69, 9.17) is 22.3 Å². The topological polar surface area (TPSA) is 126 Å². The minimum atomic E-state index is -0.717. The van der Waals surface area contributed by atoms with E-state index < -0.39 is 17.9 Å².